The van der Waals surface area contributed by atoms with Crippen molar-refractivity contribution in [3.05, 3.63) is 54.1 Å². The van der Waals surface area contributed by atoms with Gasteiger partial charge in [0.15, 0.2) is 11.5 Å². The lowest BCUT2D eigenvalue weighted by Crippen LogP contribution is -2.41. The van der Waals surface area contributed by atoms with Crippen molar-refractivity contribution in [1.82, 2.24) is 15.2 Å². The van der Waals surface area contributed by atoms with Crippen molar-refractivity contribution in [2.75, 3.05) is 26.3 Å². The summed E-state index contributed by atoms with van der Waals surface area (Å²) in [6, 6.07) is 13.0. The molecule has 2 amide bonds. The molecule has 9 nitrogen and oxygen atoms in total. The number of hydrazine groups is 1. The summed E-state index contributed by atoms with van der Waals surface area (Å²) in [6.07, 6.45) is 2.31. The van der Waals surface area contributed by atoms with E-state index in [0.717, 1.165) is 12.8 Å². The molecule has 0 saturated carbocycles. The zero-order chi connectivity index (χ0) is 23.7. The maximum Gasteiger partial charge on any atom is 0.269 e. The van der Waals surface area contributed by atoms with E-state index in [4.69, 9.17) is 9.47 Å². The number of benzene rings is 2. The summed E-state index contributed by atoms with van der Waals surface area (Å²) < 4.78 is 37.7. The first-order chi connectivity index (χ1) is 15.9. The standard InChI is InChI=1S/C23H29N3O6S/c1-2-31-20-8-3-4-9-21(20)32-17-7-10-22(27)24-25-23(28)18-11-13-19(14-12-18)33(29,30)26-15-5-6-16-26/h3-4,8-9,11-14H,2,5-7,10,15-17H2,1H3,(H,24,27)(H,25,28). The molecule has 0 radical (unpaired) electrons. The largest absolute Gasteiger partial charge is 0.490 e. The number of sulfonamides is 1. The van der Waals surface area contributed by atoms with Crippen LogP contribution in [-0.4, -0.2) is 50.8 Å². The lowest BCUT2D eigenvalue weighted by Gasteiger charge is -2.15. The highest BCUT2D eigenvalue weighted by Gasteiger charge is 2.27. The Bertz CT molecular complexity index is 1050. The van der Waals surface area contributed by atoms with Crippen LogP contribution in [0, 0.1) is 0 Å². The van der Waals surface area contributed by atoms with Crippen LogP contribution in [0.1, 0.15) is 43.0 Å². The number of nitrogens with one attached hydrogen (secondary N) is 2. The lowest BCUT2D eigenvalue weighted by atomic mass is 10.2. The number of hydrogen-bond acceptors (Lipinski definition) is 6. The molecule has 1 heterocycles. The number of rotatable bonds is 10. The normalized spacial score (nSPS) is 14.0. The molecule has 0 atom stereocenters. The molecular formula is C23H29N3O6S. The number of hydrogen-bond donors (Lipinski definition) is 2. The Hall–Kier alpha value is -3.11. The fourth-order valence-corrected chi connectivity index (χ4v) is 4.89. The second-order valence-corrected chi connectivity index (χ2v) is 9.41. The summed E-state index contributed by atoms with van der Waals surface area (Å²) in [4.78, 5) is 24.4. The van der Waals surface area contributed by atoms with Gasteiger partial charge in [-0.1, -0.05) is 12.1 Å². The van der Waals surface area contributed by atoms with E-state index in [1.807, 2.05) is 25.1 Å². The molecule has 2 aromatic carbocycles. The van der Waals surface area contributed by atoms with Gasteiger partial charge in [-0.2, -0.15) is 4.31 Å². The monoisotopic (exact) mass is 475 g/mol. The SMILES string of the molecule is CCOc1ccccc1OCCCC(=O)NNC(=O)c1ccc(S(=O)(=O)N2CCCC2)cc1. The van der Waals surface area contributed by atoms with Gasteiger partial charge in [-0.25, -0.2) is 8.42 Å². The van der Waals surface area contributed by atoms with Crippen LogP contribution in [0.2, 0.25) is 0 Å². The average molecular weight is 476 g/mol. The number of para-hydroxylation sites is 2. The van der Waals surface area contributed by atoms with E-state index in [9.17, 15) is 18.0 Å². The van der Waals surface area contributed by atoms with E-state index < -0.39 is 15.9 Å². The Morgan fingerprint density at radius 3 is 2.21 bits per heavy atom. The number of carbonyl (C=O) groups excluding carboxylic acids is 2. The zero-order valence-electron chi connectivity index (χ0n) is 18.6. The third-order valence-electron chi connectivity index (χ3n) is 5.09. The van der Waals surface area contributed by atoms with Gasteiger partial charge in [-0.15, -0.1) is 0 Å². The van der Waals surface area contributed by atoms with E-state index in [1.165, 1.54) is 28.6 Å². The summed E-state index contributed by atoms with van der Waals surface area (Å²) in [5, 5.41) is 0. The van der Waals surface area contributed by atoms with Gasteiger partial charge in [-0.3, -0.25) is 20.4 Å². The first-order valence-electron chi connectivity index (χ1n) is 11.0. The molecule has 0 aromatic heterocycles. The molecule has 0 bridgehead atoms. The maximum atomic E-state index is 12.5. The minimum Gasteiger partial charge on any atom is -0.490 e. The van der Waals surface area contributed by atoms with Crippen molar-refractivity contribution < 1.29 is 27.5 Å². The van der Waals surface area contributed by atoms with Gasteiger partial charge in [0.2, 0.25) is 15.9 Å². The van der Waals surface area contributed by atoms with Crippen molar-refractivity contribution in [2.24, 2.45) is 0 Å². The predicted octanol–water partition coefficient (Wildman–Crippen LogP) is 2.49. The molecule has 10 heteroatoms. The van der Waals surface area contributed by atoms with Crippen LogP contribution in [-0.2, 0) is 14.8 Å². The van der Waals surface area contributed by atoms with Crippen LogP contribution < -0.4 is 20.3 Å². The summed E-state index contributed by atoms with van der Waals surface area (Å²) in [6.45, 7) is 3.76. The molecule has 1 saturated heterocycles. The average Bonchev–Trinajstić information content (AvgIpc) is 3.37. The van der Waals surface area contributed by atoms with E-state index in [-0.39, 0.29) is 22.8 Å². The highest BCUT2D eigenvalue weighted by atomic mass is 32.2. The molecule has 2 aromatic rings. The molecule has 33 heavy (non-hydrogen) atoms. The first-order valence-corrected chi connectivity index (χ1v) is 12.4. The van der Waals surface area contributed by atoms with Crippen molar-refractivity contribution in [3.63, 3.8) is 0 Å². The third-order valence-corrected chi connectivity index (χ3v) is 7.00. The second kappa shape index (κ2) is 11.7. The molecule has 0 aliphatic carbocycles. The minimum atomic E-state index is -3.53. The Morgan fingerprint density at radius 2 is 1.58 bits per heavy atom. The molecule has 3 rings (SSSR count). The van der Waals surface area contributed by atoms with Gasteiger partial charge < -0.3 is 9.47 Å². The molecule has 178 valence electrons. The fraction of sp³-hybridized carbons (Fsp3) is 0.391. The quantitative estimate of drug-likeness (QED) is 0.403. The fourth-order valence-electron chi connectivity index (χ4n) is 3.38. The van der Waals surface area contributed by atoms with E-state index in [1.54, 1.807) is 6.07 Å². The van der Waals surface area contributed by atoms with Crippen molar-refractivity contribution >= 4 is 21.8 Å². The minimum absolute atomic E-state index is 0.149. The summed E-state index contributed by atoms with van der Waals surface area (Å²) in [5.74, 6) is 0.368. The Labute approximate surface area is 194 Å². The Kier molecular flexibility index (Phi) is 8.67. The van der Waals surface area contributed by atoms with Gasteiger partial charge in [0.05, 0.1) is 18.1 Å². The van der Waals surface area contributed by atoms with Crippen LogP contribution in [0.5, 0.6) is 11.5 Å². The second-order valence-electron chi connectivity index (χ2n) is 7.47. The third kappa shape index (κ3) is 6.69. The molecule has 1 aliphatic heterocycles. The van der Waals surface area contributed by atoms with Crippen LogP contribution in [0.3, 0.4) is 0 Å². The summed E-state index contributed by atoms with van der Waals surface area (Å²) >= 11 is 0. The van der Waals surface area contributed by atoms with Crippen LogP contribution in [0.15, 0.2) is 53.4 Å². The van der Waals surface area contributed by atoms with Gasteiger partial charge >= 0.3 is 0 Å². The molecule has 0 unspecified atom stereocenters. The van der Waals surface area contributed by atoms with E-state index in [2.05, 4.69) is 10.9 Å². The smallest absolute Gasteiger partial charge is 0.269 e. The number of ether oxygens (including phenoxy) is 2. The molecular weight excluding hydrogens is 446 g/mol. The number of carbonyl (C=O) groups is 2. The Balaban J connectivity index is 1.41. The van der Waals surface area contributed by atoms with Crippen LogP contribution in [0.25, 0.3) is 0 Å². The van der Waals surface area contributed by atoms with E-state index >= 15 is 0 Å². The topological polar surface area (TPSA) is 114 Å². The summed E-state index contributed by atoms with van der Waals surface area (Å²) in [7, 11) is -3.53. The van der Waals surface area contributed by atoms with Crippen LogP contribution in [0.4, 0.5) is 0 Å². The highest BCUT2D eigenvalue weighted by molar-refractivity contribution is 7.89. The zero-order valence-corrected chi connectivity index (χ0v) is 19.4. The van der Waals surface area contributed by atoms with Gasteiger partial charge in [0.1, 0.15) is 0 Å². The molecule has 2 N–H and O–H groups in total. The highest BCUT2D eigenvalue weighted by Crippen LogP contribution is 2.26. The van der Waals surface area contributed by atoms with Crippen molar-refractivity contribution in [2.45, 2.75) is 37.5 Å². The Morgan fingerprint density at radius 1 is 0.939 bits per heavy atom. The van der Waals surface area contributed by atoms with Crippen molar-refractivity contribution in [1.29, 1.82) is 0 Å². The maximum absolute atomic E-state index is 12.5. The van der Waals surface area contributed by atoms with Gasteiger partial charge in [0, 0.05) is 25.1 Å². The van der Waals surface area contributed by atoms with E-state index in [0.29, 0.717) is 44.2 Å². The molecule has 1 aliphatic rings. The van der Waals surface area contributed by atoms with Crippen LogP contribution >= 0.6 is 0 Å². The number of amides is 2. The lowest BCUT2D eigenvalue weighted by molar-refractivity contribution is -0.122. The van der Waals surface area contributed by atoms with Crippen molar-refractivity contribution in [3.8, 4) is 11.5 Å². The predicted molar refractivity (Wildman–Crippen MR) is 122 cm³/mol. The molecule has 0 spiro atoms. The first kappa shape index (κ1) is 24.5. The van der Waals surface area contributed by atoms with Gasteiger partial charge in [0.25, 0.3) is 5.91 Å². The van der Waals surface area contributed by atoms with Gasteiger partial charge in [-0.05, 0) is 62.6 Å². The summed E-state index contributed by atoms with van der Waals surface area (Å²) in [5.41, 5.74) is 4.94. The molecule has 1 fully saturated rings. The number of nitrogens with zero attached hydrogens (tertiary/aromatic N) is 1.